The van der Waals surface area contributed by atoms with E-state index in [1.54, 1.807) is 4.90 Å². The van der Waals surface area contributed by atoms with Crippen molar-refractivity contribution in [1.82, 2.24) is 9.80 Å². The number of ether oxygens (including phenoxy) is 1. The summed E-state index contributed by atoms with van der Waals surface area (Å²) in [6.07, 6.45) is 2.59. The fourth-order valence-electron chi connectivity index (χ4n) is 4.19. The third-order valence-electron chi connectivity index (χ3n) is 6.35. The fraction of sp³-hybridized carbons (Fsp3) is 0.440. The molecule has 2 aromatic carbocycles. The summed E-state index contributed by atoms with van der Waals surface area (Å²) in [6, 6.07) is 15.1. The lowest BCUT2D eigenvalue weighted by atomic mass is 9.86. The zero-order chi connectivity index (χ0) is 23.7. The van der Waals surface area contributed by atoms with E-state index < -0.39 is 11.6 Å². The zero-order valence-corrected chi connectivity index (χ0v) is 19.9. The molecule has 178 valence electrons. The summed E-state index contributed by atoms with van der Waals surface area (Å²) >= 11 is 6.35. The average molecular weight is 473 g/mol. The maximum atomic E-state index is 12.6. The second-order valence-electron chi connectivity index (χ2n) is 8.43. The molecule has 3 rings (SSSR count). The number of nitrogens with one attached hydrogen (secondary N) is 1. The SMILES string of the molecule is CCc1ccc(NC(=O)OCC2(N(C=O)Cc3ccccc3Cl)CCN(CCN)CC2)cc1. The van der Waals surface area contributed by atoms with Crippen molar-refractivity contribution < 1.29 is 14.3 Å². The summed E-state index contributed by atoms with van der Waals surface area (Å²) in [5.41, 5.74) is 7.83. The van der Waals surface area contributed by atoms with Crippen LogP contribution in [-0.2, 0) is 22.5 Å². The number of amides is 2. The van der Waals surface area contributed by atoms with E-state index in [1.165, 1.54) is 5.56 Å². The minimum Gasteiger partial charge on any atom is -0.447 e. The molecule has 1 saturated heterocycles. The highest BCUT2D eigenvalue weighted by molar-refractivity contribution is 6.31. The number of likely N-dealkylation sites (tertiary alicyclic amines) is 1. The molecule has 0 saturated carbocycles. The molecule has 1 fully saturated rings. The van der Waals surface area contributed by atoms with Crippen molar-refractivity contribution in [1.29, 1.82) is 0 Å². The summed E-state index contributed by atoms with van der Waals surface area (Å²) in [7, 11) is 0. The minimum absolute atomic E-state index is 0.103. The molecular weight excluding hydrogens is 440 g/mol. The standard InChI is InChI=1S/C25H33ClN4O3/c1-2-20-7-9-22(10-8-20)28-24(32)33-18-25(11-14-29(15-12-25)16-13-27)30(19-31)17-21-5-3-4-6-23(21)26/h3-10,19H,2,11-18,27H2,1H3,(H,28,32). The van der Waals surface area contributed by atoms with Gasteiger partial charge < -0.3 is 20.3 Å². The van der Waals surface area contributed by atoms with E-state index in [1.807, 2.05) is 48.5 Å². The highest BCUT2D eigenvalue weighted by Crippen LogP contribution is 2.31. The van der Waals surface area contributed by atoms with Crippen LogP contribution in [0.1, 0.15) is 30.9 Å². The van der Waals surface area contributed by atoms with E-state index in [4.69, 9.17) is 22.1 Å². The molecule has 1 aliphatic heterocycles. The second-order valence-corrected chi connectivity index (χ2v) is 8.84. The molecule has 1 heterocycles. The average Bonchev–Trinajstić information content (AvgIpc) is 2.84. The minimum atomic E-state index is -0.616. The van der Waals surface area contributed by atoms with Crippen LogP contribution in [0, 0.1) is 0 Å². The molecule has 1 aliphatic rings. The lowest BCUT2D eigenvalue weighted by molar-refractivity contribution is -0.130. The number of benzene rings is 2. The maximum Gasteiger partial charge on any atom is 0.411 e. The van der Waals surface area contributed by atoms with Gasteiger partial charge >= 0.3 is 6.09 Å². The van der Waals surface area contributed by atoms with E-state index in [0.717, 1.165) is 38.0 Å². The molecule has 0 unspecified atom stereocenters. The topological polar surface area (TPSA) is 87.9 Å². The quantitative estimate of drug-likeness (QED) is 0.512. The number of piperidine rings is 1. The van der Waals surface area contributed by atoms with Gasteiger partial charge in [0.15, 0.2) is 0 Å². The number of halogens is 1. The Bertz CT molecular complexity index is 914. The van der Waals surface area contributed by atoms with Gasteiger partial charge in [-0.05, 0) is 48.6 Å². The molecule has 0 aliphatic carbocycles. The number of nitrogens with zero attached hydrogens (tertiary/aromatic N) is 2. The highest BCUT2D eigenvalue weighted by atomic mass is 35.5. The van der Waals surface area contributed by atoms with E-state index in [-0.39, 0.29) is 6.61 Å². The van der Waals surface area contributed by atoms with Crippen molar-refractivity contribution in [2.45, 2.75) is 38.3 Å². The fourth-order valence-corrected chi connectivity index (χ4v) is 4.39. The first-order valence-electron chi connectivity index (χ1n) is 11.4. The summed E-state index contributed by atoms with van der Waals surface area (Å²) in [5, 5.41) is 3.38. The number of hydrogen-bond acceptors (Lipinski definition) is 5. The van der Waals surface area contributed by atoms with Gasteiger partial charge in [-0.1, -0.05) is 48.9 Å². The Morgan fingerprint density at radius 1 is 1.21 bits per heavy atom. The van der Waals surface area contributed by atoms with E-state index in [2.05, 4.69) is 17.1 Å². The maximum absolute atomic E-state index is 12.6. The Labute approximate surface area is 200 Å². The lowest BCUT2D eigenvalue weighted by Gasteiger charge is -2.47. The zero-order valence-electron chi connectivity index (χ0n) is 19.1. The van der Waals surface area contributed by atoms with Crippen LogP contribution in [0.25, 0.3) is 0 Å². The molecule has 2 aromatic rings. The number of carbonyl (C=O) groups excluding carboxylic acids is 2. The molecule has 3 N–H and O–H groups in total. The largest absolute Gasteiger partial charge is 0.447 e. The number of carbonyl (C=O) groups is 2. The Kier molecular flexibility index (Phi) is 9.11. The third-order valence-corrected chi connectivity index (χ3v) is 6.72. The summed E-state index contributed by atoms with van der Waals surface area (Å²) in [4.78, 5) is 28.8. The van der Waals surface area contributed by atoms with Gasteiger partial charge in [-0.2, -0.15) is 0 Å². The van der Waals surface area contributed by atoms with Gasteiger partial charge in [0.25, 0.3) is 0 Å². The third kappa shape index (κ3) is 6.69. The molecule has 8 heteroatoms. The van der Waals surface area contributed by atoms with Gasteiger partial charge in [0.05, 0.1) is 5.54 Å². The van der Waals surface area contributed by atoms with Gasteiger partial charge in [-0.15, -0.1) is 0 Å². The number of anilines is 1. The Balaban J connectivity index is 1.71. The normalized spacial score (nSPS) is 15.6. The molecule has 2 amide bonds. The van der Waals surface area contributed by atoms with Crippen LogP contribution in [0.4, 0.5) is 10.5 Å². The van der Waals surface area contributed by atoms with Crippen LogP contribution >= 0.6 is 11.6 Å². The van der Waals surface area contributed by atoms with Crippen molar-refractivity contribution >= 4 is 29.8 Å². The smallest absolute Gasteiger partial charge is 0.411 e. The molecule has 0 aromatic heterocycles. The van der Waals surface area contributed by atoms with Gasteiger partial charge in [0.2, 0.25) is 6.41 Å². The summed E-state index contributed by atoms with van der Waals surface area (Å²) in [5.74, 6) is 0. The first-order chi connectivity index (χ1) is 16.0. The molecular formula is C25H33ClN4O3. The van der Waals surface area contributed by atoms with Crippen LogP contribution in [0.15, 0.2) is 48.5 Å². The number of aryl methyl sites for hydroxylation is 1. The first-order valence-corrected chi connectivity index (χ1v) is 11.8. The monoisotopic (exact) mass is 472 g/mol. The van der Waals surface area contributed by atoms with Gasteiger partial charge in [-0.25, -0.2) is 4.79 Å². The van der Waals surface area contributed by atoms with Crippen LogP contribution in [0.5, 0.6) is 0 Å². The summed E-state index contributed by atoms with van der Waals surface area (Å²) in [6.45, 7) is 5.46. The van der Waals surface area contributed by atoms with E-state index in [0.29, 0.717) is 36.6 Å². The van der Waals surface area contributed by atoms with Crippen molar-refractivity contribution in [2.24, 2.45) is 5.73 Å². The van der Waals surface area contributed by atoms with Crippen LogP contribution in [-0.4, -0.2) is 60.6 Å². The van der Waals surface area contributed by atoms with Gasteiger partial charge in [-0.3, -0.25) is 10.1 Å². The molecule has 0 spiro atoms. The molecule has 7 nitrogen and oxygen atoms in total. The Hall–Kier alpha value is -2.61. The first kappa shape index (κ1) is 25.0. The number of hydrogen-bond donors (Lipinski definition) is 2. The predicted molar refractivity (Wildman–Crippen MR) is 131 cm³/mol. The summed E-state index contributed by atoms with van der Waals surface area (Å²) < 4.78 is 5.66. The van der Waals surface area contributed by atoms with E-state index in [9.17, 15) is 9.59 Å². The molecule has 0 atom stereocenters. The lowest BCUT2D eigenvalue weighted by Crippen LogP contribution is -2.58. The van der Waals surface area contributed by atoms with E-state index >= 15 is 0 Å². The Morgan fingerprint density at radius 2 is 1.91 bits per heavy atom. The predicted octanol–water partition coefficient (Wildman–Crippen LogP) is 3.90. The van der Waals surface area contributed by atoms with Gasteiger partial charge in [0.1, 0.15) is 6.61 Å². The van der Waals surface area contributed by atoms with Gasteiger partial charge in [0, 0.05) is 43.4 Å². The molecule has 0 radical (unpaired) electrons. The van der Waals surface area contributed by atoms with Crippen LogP contribution < -0.4 is 11.1 Å². The van der Waals surface area contributed by atoms with Crippen LogP contribution in [0.2, 0.25) is 5.02 Å². The second kappa shape index (κ2) is 12.0. The van der Waals surface area contributed by atoms with Crippen molar-refractivity contribution in [3.05, 3.63) is 64.7 Å². The van der Waals surface area contributed by atoms with Crippen molar-refractivity contribution in [3.63, 3.8) is 0 Å². The number of nitrogens with two attached hydrogens (primary N) is 1. The van der Waals surface area contributed by atoms with Crippen molar-refractivity contribution in [3.8, 4) is 0 Å². The van der Waals surface area contributed by atoms with Crippen LogP contribution in [0.3, 0.4) is 0 Å². The highest BCUT2D eigenvalue weighted by Gasteiger charge is 2.41. The Morgan fingerprint density at radius 3 is 2.52 bits per heavy atom. The van der Waals surface area contributed by atoms with Crippen molar-refractivity contribution in [2.75, 3.05) is 38.1 Å². The molecule has 33 heavy (non-hydrogen) atoms. The molecule has 0 bridgehead atoms. The number of rotatable bonds is 10.